The Balaban J connectivity index is 1.89. The average molecular weight is 369 g/mol. The van der Waals surface area contributed by atoms with Gasteiger partial charge in [0.1, 0.15) is 5.82 Å². The molecule has 1 aromatic heterocycles. The van der Waals surface area contributed by atoms with Crippen LogP contribution in [0.25, 0.3) is 11.4 Å². The van der Waals surface area contributed by atoms with Crippen LogP contribution in [0, 0.1) is 16.0 Å². The molecule has 0 aliphatic heterocycles. The van der Waals surface area contributed by atoms with E-state index in [-0.39, 0.29) is 23.6 Å². The van der Waals surface area contributed by atoms with Crippen molar-refractivity contribution in [2.24, 2.45) is 11.7 Å². The minimum atomic E-state index is -0.437. The van der Waals surface area contributed by atoms with E-state index in [1.54, 1.807) is 12.1 Å². The maximum atomic E-state index is 11.7. The van der Waals surface area contributed by atoms with Crippen molar-refractivity contribution in [1.82, 2.24) is 9.97 Å². The topological polar surface area (TPSA) is 124 Å². The number of hydrogen-bond acceptors (Lipinski definition) is 6. The predicted molar refractivity (Wildman–Crippen MR) is 102 cm³/mol. The zero-order chi connectivity index (χ0) is 19.4. The van der Waals surface area contributed by atoms with Crippen LogP contribution in [-0.4, -0.2) is 26.8 Å². The van der Waals surface area contributed by atoms with Crippen LogP contribution in [-0.2, 0) is 11.2 Å². The van der Waals surface area contributed by atoms with Gasteiger partial charge in [0.05, 0.1) is 10.8 Å². The Bertz CT molecular complexity index is 838. The van der Waals surface area contributed by atoms with Gasteiger partial charge in [-0.2, -0.15) is 0 Å². The lowest BCUT2D eigenvalue weighted by atomic mass is 9.84. The average Bonchev–Trinajstić information content (AvgIpc) is 2.68. The quantitative estimate of drug-likeness (QED) is 0.595. The minimum absolute atomic E-state index is 0.0234. The van der Waals surface area contributed by atoms with Crippen LogP contribution < -0.4 is 11.1 Å². The Morgan fingerprint density at radius 2 is 1.96 bits per heavy atom. The van der Waals surface area contributed by atoms with E-state index in [1.165, 1.54) is 12.1 Å². The predicted octanol–water partition coefficient (Wildman–Crippen LogP) is 3.07. The molecule has 8 heteroatoms. The first-order valence-electron chi connectivity index (χ1n) is 9.16. The molecule has 0 radical (unpaired) electrons. The fraction of sp³-hybridized carbons (Fsp3) is 0.421. The van der Waals surface area contributed by atoms with Crippen molar-refractivity contribution in [2.45, 2.75) is 45.1 Å². The third-order valence-electron chi connectivity index (χ3n) is 4.94. The van der Waals surface area contributed by atoms with Crippen LogP contribution in [0.4, 0.5) is 11.5 Å². The number of nitrogens with two attached hydrogens (primary N) is 1. The molecule has 0 spiro atoms. The number of nitro groups is 1. The van der Waals surface area contributed by atoms with Gasteiger partial charge in [-0.15, -0.1) is 0 Å². The molecule has 27 heavy (non-hydrogen) atoms. The second-order valence-electron chi connectivity index (χ2n) is 6.77. The first-order valence-corrected chi connectivity index (χ1v) is 9.16. The van der Waals surface area contributed by atoms with Gasteiger partial charge in [-0.3, -0.25) is 14.9 Å². The van der Waals surface area contributed by atoms with Crippen molar-refractivity contribution in [2.75, 3.05) is 5.32 Å². The molecule has 2 atom stereocenters. The van der Waals surface area contributed by atoms with E-state index in [2.05, 4.69) is 15.3 Å². The number of carbonyl (C=O) groups excluding carboxylic acids is 1. The Kier molecular flexibility index (Phi) is 5.63. The number of aryl methyl sites for hydroxylation is 1. The number of rotatable bonds is 6. The highest BCUT2D eigenvalue weighted by atomic mass is 16.6. The highest BCUT2D eigenvalue weighted by molar-refractivity contribution is 5.78. The SMILES string of the molecule is CCc1cc(NC2CCCCC2C(N)=O)nc(-c2ccc([N+](=O)[O-])cc2)n1. The Morgan fingerprint density at radius 1 is 1.26 bits per heavy atom. The van der Waals surface area contributed by atoms with E-state index in [1.807, 2.05) is 13.0 Å². The van der Waals surface area contributed by atoms with Crippen molar-refractivity contribution < 1.29 is 9.72 Å². The number of benzene rings is 1. The number of nitrogens with one attached hydrogen (secondary N) is 1. The fourth-order valence-electron chi connectivity index (χ4n) is 3.45. The number of carbonyl (C=O) groups is 1. The molecule has 1 aliphatic rings. The molecule has 0 bridgehead atoms. The van der Waals surface area contributed by atoms with Crippen LogP contribution in [0.2, 0.25) is 0 Å². The monoisotopic (exact) mass is 369 g/mol. The molecular weight excluding hydrogens is 346 g/mol. The zero-order valence-electron chi connectivity index (χ0n) is 15.2. The molecule has 1 aliphatic carbocycles. The van der Waals surface area contributed by atoms with E-state index >= 15 is 0 Å². The summed E-state index contributed by atoms with van der Waals surface area (Å²) in [6, 6.07) is 8.00. The van der Waals surface area contributed by atoms with Gasteiger partial charge in [-0.25, -0.2) is 9.97 Å². The van der Waals surface area contributed by atoms with Crippen molar-refractivity contribution >= 4 is 17.4 Å². The largest absolute Gasteiger partial charge is 0.369 e. The number of nitro benzene ring substituents is 1. The number of anilines is 1. The van der Waals surface area contributed by atoms with E-state index in [0.717, 1.165) is 37.8 Å². The normalized spacial score (nSPS) is 19.4. The number of nitrogens with zero attached hydrogens (tertiary/aromatic N) is 3. The second kappa shape index (κ2) is 8.11. The Labute approximate surface area is 157 Å². The van der Waals surface area contributed by atoms with Crippen LogP contribution in [0.3, 0.4) is 0 Å². The van der Waals surface area contributed by atoms with E-state index in [0.29, 0.717) is 17.2 Å². The summed E-state index contributed by atoms with van der Waals surface area (Å²) in [5, 5.41) is 14.2. The minimum Gasteiger partial charge on any atom is -0.369 e. The molecule has 142 valence electrons. The molecule has 3 rings (SSSR count). The third kappa shape index (κ3) is 4.39. The van der Waals surface area contributed by atoms with E-state index in [9.17, 15) is 14.9 Å². The number of amides is 1. The molecule has 1 saturated carbocycles. The van der Waals surface area contributed by atoms with Crippen molar-refractivity contribution in [3.63, 3.8) is 0 Å². The summed E-state index contributed by atoms with van der Waals surface area (Å²) in [6.07, 6.45) is 4.42. The molecule has 1 fully saturated rings. The van der Waals surface area contributed by atoms with E-state index in [4.69, 9.17) is 5.73 Å². The van der Waals surface area contributed by atoms with Gasteiger partial charge in [0, 0.05) is 35.5 Å². The maximum absolute atomic E-state index is 11.7. The van der Waals surface area contributed by atoms with Crippen LogP contribution >= 0.6 is 0 Å². The molecule has 3 N–H and O–H groups in total. The molecule has 1 amide bonds. The number of hydrogen-bond donors (Lipinski definition) is 2. The lowest BCUT2D eigenvalue weighted by Crippen LogP contribution is -2.40. The van der Waals surface area contributed by atoms with Gasteiger partial charge >= 0.3 is 0 Å². The molecule has 2 aromatic rings. The maximum Gasteiger partial charge on any atom is 0.269 e. The lowest BCUT2D eigenvalue weighted by molar-refractivity contribution is -0.384. The summed E-state index contributed by atoms with van der Waals surface area (Å²) in [7, 11) is 0. The third-order valence-corrected chi connectivity index (χ3v) is 4.94. The molecule has 1 heterocycles. The van der Waals surface area contributed by atoms with Crippen LogP contribution in [0.5, 0.6) is 0 Å². The first-order chi connectivity index (χ1) is 13.0. The fourth-order valence-corrected chi connectivity index (χ4v) is 3.45. The van der Waals surface area contributed by atoms with Crippen LogP contribution in [0.1, 0.15) is 38.3 Å². The first kappa shape index (κ1) is 18.8. The number of primary amides is 1. The summed E-state index contributed by atoms with van der Waals surface area (Å²) in [6.45, 7) is 2.00. The van der Waals surface area contributed by atoms with Crippen molar-refractivity contribution in [1.29, 1.82) is 0 Å². The van der Waals surface area contributed by atoms with Crippen molar-refractivity contribution in [3.8, 4) is 11.4 Å². The summed E-state index contributed by atoms with van der Waals surface area (Å²) in [4.78, 5) is 31.2. The Hall–Kier alpha value is -3.03. The summed E-state index contributed by atoms with van der Waals surface area (Å²) >= 11 is 0. The number of non-ortho nitro benzene ring substituents is 1. The lowest BCUT2D eigenvalue weighted by Gasteiger charge is -2.30. The Morgan fingerprint density at radius 3 is 2.59 bits per heavy atom. The van der Waals surface area contributed by atoms with Gasteiger partial charge in [0.15, 0.2) is 5.82 Å². The summed E-state index contributed by atoms with van der Waals surface area (Å²) in [5.41, 5.74) is 7.14. The standard InChI is InChI=1S/C19H23N5O3/c1-2-13-11-17(22-16-6-4-3-5-15(16)18(20)25)23-19(21-13)12-7-9-14(10-8-12)24(26)27/h7-11,15-16H,2-6H2,1H3,(H2,20,25)(H,21,22,23). The zero-order valence-corrected chi connectivity index (χ0v) is 15.2. The molecule has 1 aromatic carbocycles. The number of aromatic nitrogens is 2. The smallest absolute Gasteiger partial charge is 0.269 e. The highest BCUT2D eigenvalue weighted by Crippen LogP contribution is 2.28. The second-order valence-corrected chi connectivity index (χ2v) is 6.77. The highest BCUT2D eigenvalue weighted by Gasteiger charge is 2.29. The molecule has 2 unspecified atom stereocenters. The summed E-state index contributed by atoms with van der Waals surface area (Å²) in [5.74, 6) is 0.653. The van der Waals surface area contributed by atoms with Gasteiger partial charge in [-0.1, -0.05) is 19.8 Å². The van der Waals surface area contributed by atoms with E-state index < -0.39 is 4.92 Å². The molecular formula is C19H23N5O3. The molecule has 8 nitrogen and oxygen atoms in total. The van der Waals surface area contributed by atoms with Gasteiger partial charge in [0.25, 0.3) is 5.69 Å². The van der Waals surface area contributed by atoms with Gasteiger partial charge < -0.3 is 11.1 Å². The molecule has 0 saturated heterocycles. The van der Waals surface area contributed by atoms with Gasteiger partial charge in [-0.05, 0) is 31.4 Å². The summed E-state index contributed by atoms with van der Waals surface area (Å²) < 4.78 is 0. The van der Waals surface area contributed by atoms with Gasteiger partial charge in [0.2, 0.25) is 5.91 Å². The van der Waals surface area contributed by atoms with Crippen LogP contribution in [0.15, 0.2) is 30.3 Å². The van der Waals surface area contributed by atoms with Crippen molar-refractivity contribution in [3.05, 3.63) is 46.1 Å².